The first-order chi connectivity index (χ1) is 10.8. The summed E-state index contributed by atoms with van der Waals surface area (Å²) in [6, 6.07) is 0. The van der Waals surface area contributed by atoms with E-state index < -0.39 is 0 Å². The lowest BCUT2D eigenvalue weighted by Crippen LogP contribution is -2.53. The Kier molecular flexibility index (Phi) is 7.83. The van der Waals surface area contributed by atoms with E-state index in [0.29, 0.717) is 12.1 Å². The third-order valence-corrected chi connectivity index (χ3v) is 5.63. The molecule has 0 spiro atoms. The van der Waals surface area contributed by atoms with E-state index in [9.17, 15) is 0 Å². The largest absolute Gasteiger partial charge is 0.383 e. The van der Waals surface area contributed by atoms with Crippen LogP contribution in [0.3, 0.4) is 0 Å². The van der Waals surface area contributed by atoms with Crippen molar-refractivity contribution >= 4 is 17.7 Å². The van der Waals surface area contributed by atoms with Crippen LogP contribution in [0.2, 0.25) is 0 Å². The smallest absolute Gasteiger partial charge is 0.191 e. The fraction of sp³-hybridized carbons (Fsp3) is 0.938. The Morgan fingerprint density at radius 3 is 2.59 bits per heavy atom. The van der Waals surface area contributed by atoms with Crippen LogP contribution in [0.5, 0.6) is 0 Å². The van der Waals surface area contributed by atoms with Crippen molar-refractivity contribution in [3.05, 3.63) is 0 Å². The topological polar surface area (TPSA) is 48.9 Å². The van der Waals surface area contributed by atoms with Crippen molar-refractivity contribution in [3.63, 3.8) is 0 Å². The van der Waals surface area contributed by atoms with E-state index in [-0.39, 0.29) is 0 Å². The van der Waals surface area contributed by atoms with Gasteiger partial charge in [-0.3, -0.25) is 9.89 Å². The Balaban J connectivity index is 1.96. The summed E-state index contributed by atoms with van der Waals surface area (Å²) in [5.41, 5.74) is 0.310. The van der Waals surface area contributed by atoms with Gasteiger partial charge in [-0.25, -0.2) is 0 Å². The van der Waals surface area contributed by atoms with Crippen LogP contribution in [0.4, 0.5) is 0 Å². The maximum Gasteiger partial charge on any atom is 0.191 e. The average Bonchev–Trinajstić information content (AvgIpc) is 3.04. The third-order valence-electron chi connectivity index (χ3n) is 4.69. The van der Waals surface area contributed by atoms with Crippen molar-refractivity contribution in [2.75, 3.05) is 57.9 Å². The molecule has 6 heteroatoms. The summed E-state index contributed by atoms with van der Waals surface area (Å²) in [4.78, 5) is 7.63. The monoisotopic (exact) mass is 328 g/mol. The van der Waals surface area contributed by atoms with Gasteiger partial charge >= 0.3 is 0 Å². The average molecular weight is 329 g/mol. The fourth-order valence-electron chi connectivity index (χ4n) is 3.48. The van der Waals surface area contributed by atoms with Gasteiger partial charge in [-0.05, 0) is 19.8 Å². The van der Waals surface area contributed by atoms with Gasteiger partial charge in [-0.1, -0.05) is 12.8 Å². The van der Waals surface area contributed by atoms with E-state index in [1.54, 1.807) is 7.11 Å². The molecule has 0 atom stereocenters. The number of aliphatic imine (C=N–C) groups is 1. The zero-order valence-electron chi connectivity index (χ0n) is 14.2. The van der Waals surface area contributed by atoms with E-state index >= 15 is 0 Å². The highest BCUT2D eigenvalue weighted by molar-refractivity contribution is 7.99. The number of nitrogens with zero attached hydrogens (tertiary/aromatic N) is 2. The van der Waals surface area contributed by atoms with Crippen LogP contribution in [-0.2, 0) is 4.74 Å². The van der Waals surface area contributed by atoms with Crippen LogP contribution in [0.15, 0.2) is 4.99 Å². The Bertz CT molecular complexity index is 339. The molecule has 0 unspecified atom stereocenters. The van der Waals surface area contributed by atoms with Gasteiger partial charge in [-0.2, -0.15) is 11.8 Å². The second-order valence-corrected chi connectivity index (χ2v) is 7.37. The number of methoxy groups -OCH3 is 1. The molecule has 0 aromatic carbocycles. The maximum atomic E-state index is 5.11. The minimum Gasteiger partial charge on any atom is -0.383 e. The highest BCUT2D eigenvalue weighted by Gasteiger charge is 2.39. The molecule has 5 nitrogen and oxygen atoms in total. The van der Waals surface area contributed by atoms with Crippen molar-refractivity contribution < 1.29 is 4.74 Å². The van der Waals surface area contributed by atoms with Crippen LogP contribution in [0, 0.1) is 0 Å². The quantitative estimate of drug-likeness (QED) is 0.422. The van der Waals surface area contributed by atoms with Crippen LogP contribution in [0.1, 0.15) is 32.6 Å². The van der Waals surface area contributed by atoms with Gasteiger partial charge in [0.2, 0.25) is 0 Å². The Morgan fingerprint density at radius 1 is 1.23 bits per heavy atom. The molecule has 2 rings (SSSR count). The standard InChI is InChI=1S/C16H32N4OS/c1-3-17-15(18-8-11-21-2)19-14-16(6-4-5-7-16)20-9-12-22-13-10-20/h3-14H2,1-2H3,(H2,17,18,19). The summed E-state index contributed by atoms with van der Waals surface area (Å²) < 4.78 is 5.11. The van der Waals surface area contributed by atoms with Gasteiger partial charge in [0.05, 0.1) is 13.2 Å². The molecule has 1 heterocycles. The van der Waals surface area contributed by atoms with Crippen LogP contribution in [0.25, 0.3) is 0 Å². The highest BCUT2D eigenvalue weighted by Crippen LogP contribution is 2.36. The molecular weight excluding hydrogens is 296 g/mol. The van der Waals surface area contributed by atoms with E-state index in [2.05, 4.69) is 34.2 Å². The fourth-order valence-corrected chi connectivity index (χ4v) is 4.39. The summed E-state index contributed by atoms with van der Waals surface area (Å²) in [6.45, 7) is 7.89. The lowest BCUT2D eigenvalue weighted by Gasteiger charge is -2.42. The molecule has 1 aliphatic carbocycles. The minimum atomic E-state index is 0.310. The predicted octanol–water partition coefficient (Wildman–Crippen LogP) is 1.55. The molecule has 22 heavy (non-hydrogen) atoms. The second kappa shape index (κ2) is 9.63. The first-order valence-corrected chi connectivity index (χ1v) is 9.80. The van der Waals surface area contributed by atoms with Gasteiger partial charge in [0.25, 0.3) is 0 Å². The van der Waals surface area contributed by atoms with Crippen molar-refractivity contribution in [2.45, 2.75) is 38.1 Å². The Morgan fingerprint density at radius 2 is 1.95 bits per heavy atom. The van der Waals surface area contributed by atoms with Crippen LogP contribution < -0.4 is 10.6 Å². The lowest BCUT2D eigenvalue weighted by molar-refractivity contribution is 0.112. The van der Waals surface area contributed by atoms with E-state index in [0.717, 1.165) is 25.6 Å². The van der Waals surface area contributed by atoms with Crippen LogP contribution >= 0.6 is 11.8 Å². The van der Waals surface area contributed by atoms with Crippen molar-refractivity contribution in [2.24, 2.45) is 4.99 Å². The molecule has 0 amide bonds. The number of hydrogen-bond donors (Lipinski definition) is 2. The summed E-state index contributed by atoms with van der Waals surface area (Å²) in [5, 5.41) is 6.70. The van der Waals surface area contributed by atoms with Crippen molar-refractivity contribution in [1.82, 2.24) is 15.5 Å². The first kappa shape index (κ1) is 17.9. The predicted molar refractivity (Wildman–Crippen MR) is 96.0 cm³/mol. The highest BCUT2D eigenvalue weighted by atomic mass is 32.2. The number of rotatable bonds is 7. The summed E-state index contributed by atoms with van der Waals surface area (Å²) >= 11 is 2.09. The first-order valence-electron chi connectivity index (χ1n) is 8.65. The lowest BCUT2D eigenvalue weighted by atomic mass is 9.95. The van der Waals surface area contributed by atoms with Gasteiger partial charge in [0.1, 0.15) is 0 Å². The van der Waals surface area contributed by atoms with Gasteiger partial charge in [0.15, 0.2) is 5.96 Å². The molecule has 0 radical (unpaired) electrons. The molecule has 128 valence electrons. The molecule has 1 aliphatic heterocycles. The molecular formula is C16H32N4OS. The maximum absolute atomic E-state index is 5.11. The summed E-state index contributed by atoms with van der Waals surface area (Å²) in [7, 11) is 1.73. The van der Waals surface area contributed by atoms with E-state index in [1.165, 1.54) is 50.3 Å². The normalized spacial score (nSPS) is 22.7. The summed E-state index contributed by atoms with van der Waals surface area (Å²) in [6.07, 6.45) is 5.32. The molecule has 2 aliphatic rings. The van der Waals surface area contributed by atoms with E-state index in [1.807, 2.05) is 0 Å². The Labute approximate surface area is 139 Å². The van der Waals surface area contributed by atoms with Gasteiger partial charge in [-0.15, -0.1) is 0 Å². The molecule has 2 N–H and O–H groups in total. The van der Waals surface area contributed by atoms with Gasteiger partial charge < -0.3 is 15.4 Å². The van der Waals surface area contributed by atoms with E-state index in [4.69, 9.17) is 9.73 Å². The number of ether oxygens (including phenoxy) is 1. The van der Waals surface area contributed by atoms with Crippen LogP contribution in [-0.4, -0.2) is 74.3 Å². The van der Waals surface area contributed by atoms with Gasteiger partial charge in [0, 0.05) is 50.3 Å². The number of nitrogens with one attached hydrogen (secondary N) is 2. The SMILES string of the molecule is CCNC(=NCC1(N2CCSCC2)CCCC1)NCCOC. The molecule has 1 saturated heterocycles. The zero-order valence-corrected chi connectivity index (χ0v) is 15.0. The molecule has 2 fully saturated rings. The van der Waals surface area contributed by atoms with Crippen molar-refractivity contribution in [1.29, 1.82) is 0 Å². The number of hydrogen-bond acceptors (Lipinski definition) is 4. The Hall–Kier alpha value is -0.460. The number of thioether (sulfide) groups is 1. The van der Waals surface area contributed by atoms with Crippen molar-refractivity contribution in [3.8, 4) is 0 Å². The number of guanidine groups is 1. The second-order valence-electron chi connectivity index (χ2n) is 6.15. The molecule has 1 saturated carbocycles. The molecule has 0 aromatic heterocycles. The minimum absolute atomic E-state index is 0.310. The molecule has 0 aromatic rings. The molecule has 0 bridgehead atoms. The third kappa shape index (κ3) is 5.03. The zero-order chi connectivity index (χ0) is 15.7. The summed E-state index contributed by atoms with van der Waals surface area (Å²) in [5.74, 6) is 3.48.